The number of hydrogen-bond acceptors (Lipinski definition) is 5. The molecule has 1 heterocycles. The van der Waals surface area contributed by atoms with Crippen molar-refractivity contribution in [3.63, 3.8) is 0 Å². The van der Waals surface area contributed by atoms with Gasteiger partial charge in [0.25, 0.3) is 0 Å². The average molecular weight is 487 g/mol. The average Bonchev–Trinajstić information content (AvgIpc) is 3.42. The second kappa shape index (κ2) is 11.7. The van der Waals surface area contributed by atoms with Gasteiger partial charge in [-0.25, -0.2) is 4.79 Å². The molecule has 0 spiro atoms. The minimum atomic E-state index is -0.486. The Morgan fingerprint density at radius 3 is 2.31 bits per heavy atom. The molecule has 0 aromatic heterocycles. The molecule has 7 heteroatoms. The van der Waals surface area contributed by atoms with E-state index in [1.165, 1.54) is 12.8 Å². The minimum absolute atomic E-state index is 0.266. The number of carbonyl (C=O) groups is 2. The first-order valence-corrected chi connectivity index (χ1v) is 12.6. The highest BCUT2D eigenvalue weighted by Crippen LogP contribution is 2.40. The maximum atomic E-state index is 13.3. The topological polar surface area (TPSA) is 83.0 Å². The van der Waals surface area contributed by atoms with E-state index in [1.807, 2.05) is 67.6 Å². The number of ether oxygens (including phenoxy) is 1. The molecule has 4 rings (SSSR count). The van der Waals surface area contributed by atoms with E-state index in [1.54, 1.807) is 18.9 Å². The van der Waals surface area contributed by atoms with Crippen molar-refractivity contribution in [2.75, 3.05) is 18.6 Å². The molecule has 1 saturated carbocycles. The first-order chi connectivity index (χ1) is 17.6. The van der Waals surface area contributed by atoms with Crippen LogP contribution in [0.15, 0.2) is 88.3 Å². The molecule has 1 aliphatic carbocycles. The highest BCUT2D eigenvalue weighted by Gasteiger charge is 2.39. The van der Waals surface area contributed by atoms with Crippen LogP contribution >= 0.6 is 0 Å². The summed E-state index contributed by atoms with van der Waals surface area (Å²) in [6, 6.07) is 19.6. The molecule has 36 heavy (non-hydrogen) atoms. The molecule has 1 amide bonds. The molecule has 1 aliphatic heterocycles. The van der Waals surface area contributed by atoms with Gasteiger partial charge in [0.15, 0.2) is 0 Å². The van der Waals surface area contributed by atoms with Gasteiger partial charge in [0, 0.05) is 24.4 Å². The van der Waals surface area contributed by atoms with Gasteiger partial charge in [-0.05, 0) is 44.4 Å². The van der Waals surface area contributed by atoms with E-state index < -0.39 is 5.92 Å². The number of nitrogens with one attached hydrogen (secondary N) is 2. The maximum Gasteiger partial charge on any atom is 0.336 e. The lowest BCUT2D eigenvalue weighted by Crippen LogP contribution is -2.44. The number of dihydropyridines is 1. The van der Waals surface area contributed by atoms with Crippen LogP contribution in [0.2, 0.25) is 0 Å². The molecular weight excluding hydrogens is 452 g/mol. The Balaban J connectivity index is 1.95. The zero-order valence-corrected chi connectivity index (χ0v) is 21.2. The molecule has 188 valence electrons. The quantitative estimate of drug-likeness (QED) is 0.246. The maximum absolute atomic E-state index is 13.3. The number of para-hydroxylation sites is 1. The van der Waals surface area contributed by atoms with Crippen molar-refractivity contribution in [1.29, 1.82) is 0 Å². The number of hydrogen-bond donors (Lipinski definition) is 2. The third-order valence-corrected chi connectivity index (χ3v) is 6.73. The number of aliphatic imine (C=N–C) groups is 1. The molecule has 2 aromatic rings. The van der Waals surface area contributed by atoms with Gasteiger partial charge in [0.1, 0.15) is 11.7 Å². The molecule has 0 radical (unpaired) electrons. The summed E-state index contributed by atoms with van der Waals surface area (Å²) < 4.78 is 5.50. The van der Waals surface area contributed by atoms with E-state index in [0.29, 0.717) is 28.6 Å². The number of benzene rings is 2. The van der Waals surface area contributed by atoms with Crippen molar-refractivity contribution in [3.05, 3.63) is 88.9 Å². The Hall–Kier alpha value is -3.87. The summed E-state index contributed by atoms with van der Waals surface area (Å²) in [7, 11) is 1.74. The lowest BCUT2D eigenvalue weighted by atomic mass is 9.80. The van der Waals surface area contributed by atoms with E-state index in [4.69, 9.17) is 4.74 Å². The molecule has 7 nitrogen and oxygen atoms in total. The third kappa shape index (κ3) is 5.20. The van der Waals surface area contributed by atoms with Gasteiger partial charge in [0.05, 0.1) is 23.8 Å². The zero-order valence-electron chi connectivity index (χ0n) is 21.2. The van der Waals surface area contributed by atoms with Crippen molar-refractivity contribution in [1.82, 2.24) is 10.6 Å². The van der Waals surface area contributed by atoms with Gasteiger partial charge >= 0.3 is 5.97 Å². The number of carbonyl (C=O) groups excluding carboxylic acids is 2. The normalized spacial score (nSPS) is 18.6. The van der Waals surface area contributed by atoms with Crippen LogP contribution in [0.25, 0.3) is 0 Å². The van der Waals surface area contributed by atoms with Gasteiger partial charge in [0.2, 0.25) is 6.41 Å². The van der Waals surface area contributed by atoms with Gasteiger partial charge in [-0.2, -0.15) is 0 Å². The molecule has 1 unspecified atom stereocenters. The van der Waals surface area contributed by atoms with Crippen LogP contribution in [-0.4, -0.2) is 37.9 Å². The fourth-order valence-electron chi connectivity index (χ4n) is 5.06. The Morgan fingerprint density at radius 1 is 1.08 bits per heavy atom. The summed E-state index contributed by atoms with van der Waals surface area (Å²) in [4.78, 5) is 32.1. The van der Waals surface area contributed by atoms with Crippen molar-refractivity contribution in [2.24, 2.45) is 4.99 Å². The molecule has 1 fully saturated rings. The van der Waals surface area contributed by atoms with Crippen LogP contribution < -0.4 is 15.5 Å². The van der Waals surface area contributed by atoms with Crippen LogP contribution in [0, 0.1) is 0 Å². The molecule has 0 saturated heterocycles. The largest absolute Gasteiger partial charge is 0.463 e. The second-order valence-corrected chi connectivity index (χ2v) is 9.00. The molecular formula is C29H34N4O3. The lowest BCUT2D eigenvalue weighted by molar-refractivity contribution is -0.138. The Kier molecular flexibility index (Phi) is 8.21. The first-order valence-electron chi connectivity index (χ1n) is 12.6. The van der Waals surface area contributed by atoms with Gasteiger partial charge in [-0.1, -0.05) is 61.4 Å². The summed E-state index contributed by atoms with van der Waals surface area (Å²) >= 11 is 0. The number of rotatable bonds is 8. The van der Waals surface area contributed by atoms with Gasteiger partial charge in [-0.15, -0.1) is 0 Å². The fraction of sp³-hybridized carbons (Fsp3) is 0.345. The zero-order chi connectivity index (χ0) is 25.5. The number of amidine groups is 1. The van der Waals surface area contributed by atoms with Crippen LogP contribution in [-0.2, 0) is 14.3 Å². The summed E-state index contributed by atoms with van der Waals surface area (Å²) in [5.74, 6) is 0.360. The van der Waals surface area contributed by atoms with Crippen LogP contribution in [0.4, 0.5) is 5.69 Å². The molecule has 0 bridgehead atoms. The number of esters is 1. The number of anilines is 1. The SMILES string of the molecule is CCOC(=O)C1=C(C)NC(N(C=O)c2ccccc2)=C(C(=NC)NC2CCCC2)C1c1ccccc1. The highest BCUT2D eigenvalue weighted by molar-refractivity contribution is 6.06. The van der Waals surface area contributed by atoms with Crippen molar-refractivity contribution in [3.8, 4) is 0 Å². The minimum Gasteiger partial charge on any atom is -0.463 e. The van der Waals surface area contributed by atoms with E-state index in [0.717, 1.165) is 30.4 Å². The van der Waals surface area contributed by atoms with E-state index in [9.17, 15) is 9.59 Å². The number of allylic oxidation sites excluding steroid dienone is 1. The van der Waals surface area contributed by atoms with Crippen molar-refractivity contribution < 1.29 is 14.3 Å². The summed E-state index contributed by atoms with van der Waals surface area (Å²) in [5, 5.41) is 7.01. The predicted molar refractivity (Wildman–Crippen MR) is 142 cm³/mol. The summed E-state index contributed by atoms with van der Waals surface area (Å²) in [5.41, 5.74) is 3.51. The monoisotopic (exact) mass is 486 g/mol. The summed E-state index contributed by atoms with van der Waals surface area (Å²) in [6.45, 7) is 3.91. The van der Waals surface area contributed by atoms with E-state index >= 15 is 0 Å². The Bertz CT molecular complexity index is 1170. The van der Waals surface area contributed by atoms with Crippen molar-refractivity contribution in [2.45, 2.75) is 51.5 Å². The second-order valence-electron chi connectivity index (χ2n) is 9.00. The van der Waals surface area contributed by atoms with Gasteiger partial charge in [-0.3, -0.25) is 14.7 Å². The van der Waals surface area contributed by atoms with Crippen molar-refractivity contribution >= 4 is 23.9 Å². The molecule has 2 aliphatic rings. The smallest absolute Gasteiger partial charge is 0.336 e. The Labute approximate surface area is 212 Å². The predicted octanol–water partition coefficient (Wildman–Crippen LogP) is 4.65. The van der Waals surface area contributed by atoms with Crippen LogP contribution in [0.3, 0.4) is 0 Å². The number of nitrogens with zero attached hydrogens (tertiary/aromatic N) is 2. The summed E-state index contributed by atoms with van der Waals surface area (Å²) in [6.07, 6.45) is 5.24. The fourth-order valence-corrected chi connectivity index (χ4v) is 5.06. The molecule has 2 N–H and O–H groups in total. The standard InChI is InChI=1S/C29H34N4O3/c1-4-36-29(35)24-20(2)31-28(33(19-34)23-17-9-6-10-18-23)26(25(24)21-13-7-5-8-14-21)27(30-3)32-22-15-11-12-16-22/h5-10,13-14,17-19,22,25,31H,4,11-12,15-16H2,1-3H3,(H,30,32). The van der Waals surface area contributed by atoms with Crippen LogP contribution in [0.5, 0.6) is 0 Å². The third-order valence-electron chi connectivity index (χ3n) is 6.73. The highest BCUT2D eigenvalue weighted by atomic mass is 16.5. The van der Waals surface area contributed by atoms with Gasteiger partial charge < -0.3 is 15.4 Å². The first kappa shape index (κ1) is 25.2. The number of amides is 1. The Morgan fingerprint density at radius 2 is 1.72 bits per heavy atom. The van der Waals surface area contributed by atoms with E-state index in [-0.39, 0.29) is 18.6 Å². The van der Waals surface area contributed by atoms with Crippen LogP contribution in [0.1, 0.15) is 51.0 Å². The molecule has 1 atom stereocenters. The molecule has 2 aromatic carbocycles. The van der Waals surface area contributed by atoms with E-state index in [2.05, 4.69) is 15.6 Å². The lowest BCUT2D eigenvalue weighted by Gasteiger charge is -2.36.